The van der Waals surface area contributed by atoms with E-state index in [0.717, 1.165) is 23.3 Å². The first-order valence-electron chi connectivity index (χ1n) is 13.8. The molecule has 2 saturated heterocycles. The molecule has 44 heavy (non-hydrogen) atoms. The van der Waals surface area contributed by atoms with Gasteiger partial charge < -0.3 is 28.8 Å². The molecular weight excluding hydrogens is 583 g/mol. The van der Waals surface area contributed by atoms with Crippen LogP contribution < -0.4 is 0 Å². The number of nitrogens with zero attached hydrogens (tertiary/aromatic N) is 3. The first-order valence-corrected chi connectivity index (χ1v) is 13.8. The lowest BCUT2D eigenvalue weighted by atomic mass is 9.89. The molecule has 0 saturated carbocycles. The molecule has 0 amide bonds. The molecule has 2 aliphatic heterocycles. The maximum atomic E-state index is 14.0. The SMILES string of the molecule is COC(=O)[C@@H](OCc1ccccc1)[C@@H]1OC2COC(c3ccccc3)OC2C(n2cc(-c3cc(F)c(F)c(F)c3)nn2)C1O. The van der Waals surface area contributed by atoms with Crippen molar-refractivity contribution < 1.29 is 46.8 Å². The fourth-order valence-electron chi connectivity index (χ4n) is 5.41. The van der Waals surface area contributed by atoms with Crippen LogP contribution in [0.3, 0.4) is 0 Å². The third-order valence-corrected chi connectivity index (χ3v) is 7.59. The van der Waals surface area contributed by atoms with Crippen LogP contribution in [0, 0.1) is 17.5 Å². The number of aliphatic hydroxyl groups is 1. The Morgan fingerprint density at radius 1 is 1.05 bits per heavy atom. The van der Waals surface area contributed by atoms with Crippen LogP contribution in [0.15, 0.2) is 79.0 Å². The van der Waals surface area contributed by atoms with E-state index < -0.39 is 66.3 Å². The summed E-state index contributed by atoms with van der Waals surface area (Å²) in [5.41, 5.74) is 1.43. The van der Waals surface area contributed by atoms with Crippen LogP contribution in [0.5, 0.6) is 0 Å². The maximum Gasteiger partial charge on any atom is 0.337 e. The highest BCUT2D eigenvalue weighted by Gasteiger charge is 2.54. The van der Waals surface area contributed by atoms with E-state index in [0.29, 0.717) is 0 Å². The number of hydrogen-bond acceptors (Lipinski definition) is 9. The number of methoxy groups -OCH3 is 1. The fourth-order valence-corrected chi connectivity index (χ4v) is 5.41. The van der Waals surface area contributed by atoms with Crippen molar-refractivity contribution in [3.05, 3.63) is 108 Å². The Balaban J connectivity index is 1.35. The Bertz CT molecular complexity index is 1570. The van der Waals surface area contributed by atoms with Gasteiger partial charge in [0, 0.05) is 11.1 Å². The predicted molar refractivity (Wildman–Crippen MR) is 146 cm³/mol. The number of benzene rings is 3. The van der Waals surface area contributed by atoms with Gasteiger partial charge in [-0.3, -0.25) is 0 Å². The molecule has 2 fully saturated rings. The van der Waals surface area contributed by atoms with Gasteiger partial charge >= 0.3 is 5.97 Å². The van der Waals surface area contributed by atoms with Gasteiger partial charge in [0.05, 0.1) is 26.5 Å². The van der Waals surface area contributed by atoms with Gasteiger partial charge in [0.15, 0.2) is 29.8 Å². The Morgan fingerprint density at radius 2 is 1.73 bits per heavy atom. The normalized spacial score (nSPS) is 25.7. The Morgan fingerprint density at radius 3 is 2.41 bits per heavy atom. The summed E-state index contributed by atoms with van der Waals surface area (Å²) in [6.45, 7) is 0.0384. The number of esters is 1. The summed E-state index contributed by atoms with van der Waals surface area (Å²) in [7, 11) is 1.19. The Kier molecular flexibility index (Phi) is 8.73. The van der Waals surface area contributed by atoms with Crippen molar-refractivity contribution in [1.29, 1.82) is 0 Å². The number of rotatable bonds is 8. The van der Waals surface area contributed by atoms with Gasteiger partial charge in [-0.05, 0) is 17.7 Å². The number of carbonyl (C=O) groups is 1. The second-order valence-electron chi connectivity index (χ2n) is 10.4. The lowest BCUT2D eigenvalue weighted by Crippen LogP contribution is -2.63. The summed E-state index contributed by atoms with van der Waals surface area (Å²) in [4.78, 5) is 13.0. The fraction of sp³-hybridized carbons (Fsp3) is 0.323. The number of aromatic nitrogens is 3. The second-order valence-corrected chi connectivity index (χ2v) is 10.4. The standard InChI is InChI=1S/C31H28F3N3O7/c1-40-30(39)29(41-15-17-8-4-2-5-9-17)28-26(38)25(27-23(43-28)16-42-31(44-27)18-10-6-3-7-11-18)37-14-22(35-36-37)19-12-20(32)24(34)21(33)13-19/h2-14,23,25-29,31,38H,15-16H2,1H3/t23?,25?,26?,27?,28-,29+,31?/m1/s1. The summed E-state index contributed by atoms with van der Waals surface area (Å²) < 4.78 is 72.3. The minimum Gasteiger partial charge on any atom is -0.467 e. The molecule has 0 spiro atoms. The zero-order chi connectivity index (χ0) is 30.8. The van der Waals surface area contributed by atoms with Crippen molar-refractivity contribution in [2.45, 2.75) is 49.5 Å². The summed E-state index contributed by atoms with van der Waals surface area (Å²) in [6, 6.07) is 18.8. The zero-order valence-corrected chi connectivity index (χ0v) is 23.3. The van der Waals surface area contributed by atoms with E-state index >= 15 is 0 Å². The summed E-state index contributed by atoms with van der Waals surface area (Å²) in [6.07, 6.45) is -5.30. The molecule has 10 nitrogen and oxygen atoms in total. The van der Waals surface area contributed by atoms with Gasteiger partial charge in [-0.1, -0.05) is 65.9 Å². The molecule has 230 valence electrons. The van der Waals surface area contributed by atoms with Crippen LogP contribution in [0.4, 0.5) is 13.2 Å². The number of hydrogen-bond donors (Lipinski definition) is 1. The highest BCUT2D eigenvalue weighted by molar-refractivity contribution is 5.75. The zero-order valence-electron chi connectivity index (χ0n) is 23.3. The highest BCUT2D eigenvalue weighted by Crippen LogP contribution is 2.41. The molecule has 2 aliphatic rings. The average molecular weight is 612 g/mol. The molecular formula is C31H28F3N3O7. The monoisotopic (exact) mass is 611 g/mol. The van der Waals surface area contributed by atoms with E-state index in [9.17, 15) is 23.1 Å². The van der Waals surface area contributed by atoms with Crippen molar-refractivity contribution in [1.82, 2.24) is 15.0 Å². The maximum absolute atomic E-state index is 14.0. The third-order valence-electron chi connectivity index (χ3n) is 7.59. The number of carbonyl (C=O) groups excluding carboxylic acids is 1. The highest BCUT2D eigenvalue weighted by atomic mass is 19.2. The molecule has 7 atom stereocenters. The first kappa shape index (κ1) is 29.9. The van der Waals surface area contributed by atoms with E-state index in [1.54, 1.807) is 0 Å². The quantitative estimate of drug-likeness (QED) is 0.234. The van der Waals surface area contributed by atoms with Crippen molar-refractivity contribution in [3.63, 3.8) is 0 Å². The van der Waals surface area contributed by atoms with Crippen LogP contribution in [0.1, 0.15) is 23.5 Å². The molecule has 4 aromatic rings. The van der Waals surface area contributed by atoms with Gasteiger partial charge in [-0.25, -0.2) is 22.6 Å². The largest absolute Gasteiger partial charge is 0.467 e. The minimum absolute atomic E-state index is 0.00565. The van der Waals surface area contributed by atoms with E-state index in [2.05, 4.69) is 10.3 Å². The van der Waals surface area contributed by atoms with Gasteiger partial charge in [0.1, 0.15) is 36.2 Å². The molecule has 0 bridgehead atoms. The smallest absolute Gasteiger partial charge is 0.337 e. The lowest BCUT2D eigenvalue weighted by molar-refractivity contribution is -0.325. The second kappa shape index (κ2) is 12.8. The molecule has 0 radical (unpaired) electrons. The molecule has 1 N–H and O–H groups in total. The van der Waals surface area contributed by atoms with Crippen LogP contribution in [-0.2, 0) is 35.1 Å². The number of ether oxygens (including phenoxy) is 5. The Labute approximate surface area is 249 Å². The molecule has 3 aromatic carbocycles. The number of aliphatic hydroxyl groups excluding tert-OH is 1. The average Bonchev–Trinajstić information content (AvgIpc) is 3.54. The lowest BCUT2D eigenvalue weighted by Gasteiger charge is -2.49. The van der Waals surface area contributed by atoms with Crippen LogP contribution in [0.2, 0.25) is 0 Å². The van der Waals surface area contributed by atoms with E-state index in [1.165, 1.54) is 18.0 Å². The van der Waals surface area contributed by atoms with Crippen molar-refractivity contribution in [3.8, 4) is 11.3 Å². The summed E-state index contributed by atoms with van der Waals surface area (Å²) >= 11 is 0. The summed E-state index contributed by atoms with van der Waals surface area (Å²) in [5, 5.41) is 19.9. The van der Waals surface area contributed by atoms with Crippen molar-refractivity contribution in [2.24, 2.45) is 0 Å². The van der Waals surface area contributed by atoms with Gasteiger partial charge in [-0.15, -0.1) is 5.10 Å². The Hall–Kier alpha value is -4.14. The van der Waals surface area contributed by atoms with Crippen LogP contribution >= 0.6 is 0 Å². The van der Waals surface area contributed by atoms with Gasteiger partial charge in [0.2, 0.25) is 0 Å². The predicted octanol–water partition coefficient (Wildman–Crippen LogP) is 3.90. The molecule has 13 heteroatoms. The van der Waals surface area contributed by atoms with Crippen molar-refractivity contribution in [2.75, 3.05) is 13.7 Å². The van der Waals surface area contributed by atoms with Gasteiger partial charge in [-0.2, -0.15) is 0 Å². The minimum atomic E-state index is -1.61. The van der Waals surface area contributed by atoms with Crippen molar-refractivity contribution >= 4 is 5.97 Å². The van der Waals surface area contributed by atoms with Gasteiger partial charge in [0.25, 0.3) is 0 Å². The summed E-state index contributed by atoms with van der Waals surface area (Å²) in [5.74, 6) is -5.18. The first-order chi connectivity index (χ1) is 21.3. The number of fused-ring (bicyclic) bond motifs is 1. The van der Waals surface area contributed by atoms with E-state index in [1.807, 2.05) is 60.7 Å². The van der Waals surface area contributed by atoms with E-state index in [4.69, 9.17) is 23.7 Å². The number of halogens is 3. The third kappa shape index (κ3) is 5.97. The van der Waals surface area contributed by atoms with Crippen LogP contribution in [0.25, 0.3) is 11.3 Å². The molecule has 6 rings (SSSR count). The topological polar surface area (TPSA) is 114 Å². The molecule has 1 aromatic heterocycles. The van der Waals surface area contributed by atoms with Crippen LogP contribution in [-0.4, -0.2) is 70.3 Å². The molecule has 5 unspecified atom stereocenters. The molecule has 3 heterocycles. The van der Waals surface area contributed by atoms with E-state index in [-0.39, 0.29) is 24.5 Å². The molecule has 0 aliphatic carbocycles.